The summed E-state index contributed by atoms with van der Waals surface area (Å²) in [6.07, 6.45) is 1.49. The van der Waals surface area contributed by atoms with E-state index in [1.54, 1.807) is 25.3 Å². The first kappa shape index (κ1) is 25.8. The highest BCUT2D eigenvalue weighted by atomic mass is 127. The molecule has 180 valence electrons. The van der Waals surface area contributed by atoms with E-state index in [4.69, 9.17) is 32.7 Å². The van der Waals surface area contributed by atoms with Gasteiger partial charge in [0.1, 0.15) is 18.2 Å². The normalized spacial score (nSPS) is 11.1. The Morgan fingerprint density at radius 3 is 2.53 bits per heavy atom. The molecule has 0 bridgehead atoms. The summed E-state index contributed by atoms with van der Waals surface area (Å²) in [6.45, 7) is 0.363. The minimum Gasteiger partial charge on any atom is -0.493 e. The van der Waals surface area contributed by atoms with Gasteiger partial charge >= 0.3 is 0 Å². The molecule has 4 aromatic carbocycles. The van der Waals surface area contributed by atoms with Crippen LogP contribution in [0.15, 0.2) is 78.4 Å². The lowest BCUT2D eigenvalue weighted by molar-refractivity contribution is -0.112. The Morgan fingerprint density at radius 1 is 1.03 bits per heavy atom. The summed E-state index contributed by atoms with van der Waals surface area (Å²) in [7, 11) is 1.55. The number of nitrogens with zero attached hydrogens (tertiary/aromatic N) is 1. The van der Waals surface area contributed by atoms with Gasteiger partial charge in [-0.3, -0.25) is 4.79 Å². The molecule has 0 heterocycles. The van der Waals surface area contributed by atoms with Gasteiger partial charge < -0.3 is 14.8 Å². The second-order valence-electron chi connectivity index (χ2n) is 7.76. The second kappa shape index (κ2) is 11.7. The van der Waals surface area contributed by atoms with E-state index in [0.717, 1.165) is 14.5 Å². The Labute approximate surface area is 232 Å². The van der Waals surface area contributed by atoms with E-state index < -0.39 is 5.91 Å². The second-order valence-corrected chi connectivity index (χ2v) is 9.73. The molecule has 0 aliphatic rings. The van der Waals surface area contributed by atoms with Crippen LogP contribution in [0.5, 0.6) is 11.5 Å². The molecule has 5 nitrogen and oxygen atoms in total. The zero-order chi connectivity index (χ0) is 25.7. The molecule has 0 aliphatic heterocycles. The number of anilines is 1. The summed E-state index contributed by atoms with van der Waals surface area (Å²) in [4.78, 5) is 12.7. The number of fused-ring (bicyclic) bond motifs is 1. The molecule has 0 saturated carbocycles. The SMILES string of the molecule is COc1cc(/C=C(\C#N)C(=O)Nc2ccc(Cl)c(Cl)c2)cc(I)c1OCc1ccc2ccccc2c1. The Balaban J connectivity index is 1.54. The smallest absolute Gasteiger partial charge is 0.266 e. The maximum Gasteiger partial charge on any atom is 0.266 e. The van der Waals surface area contributed by atoms with Crippen molar-refractivity contribution in [2.75, 3.05) is 12.4 Å². The molecule has 1 N–H and O–H groups in total. The molecule has 0 atom stereocenters. The summed E-state index contributed by atoms with van der Waals surface area (Å²) in [6, 6.07) is 24.5. The van der Waals surface area contributed by atoms with Crippen molar-refractivity contribution in [3.8, 4) is 17.6 Å². The molecule has 1 amide bonds. The fourth-order valence-corrected chi connectivity index (χ4v) is 4.61. The van der Waals surface area contributed by atoms with E-state index in [-0.39, 0.29) is 5.57 Å². The van der Waals surface area contributed by atoms with Gasteiger partial charge in [0.15, 0.2) is 11.5 Å². The van der Waals surface area contributed by atoms with Gasteiger partial charge in [-0.05, 0) is 87.0 Å². The minimum atomic E-state index is -0.568. The van der Waals surface area contributed by atoms with Crippen molar-refractivity contribution >= 4 is 74.2 Å². The van der Waals surface area contributed by atoms with Crippen LogP contribution in [0.25, 0.3) is 16.8 Å². The van der Waals surface area contributed by atoms with E-state index in [1.807, 2.05) is 30.3 Å². The molecule has 4 aromatic rings. The number of methoxy groups -OCH3 is 1. The number of hydrogen-bond acceptors (Lipinski definition) is 4. The highest BCUT2D eigenvalue weighted by Gasteiger charge is 2.15. The van der Waals surface area contributed by atoms with Gasteiger partial charge in [-0.2, -0.15) is 5.26 Å². The number of ether oxygens (including phenoxy) is 2. The van der Waals surface area contributed by atoms with Gasteiger partial charge in [0, 0.05) is 5.69 Å². The van der Waals surface area contributed by atoms with Gasteiger partial charge in [-0.1, -0.05) is 59.6 Å². The first-order valence-corrected chi connectivity index (χ1v) is 12.6. The van der Waals surface area contributed by atoms with Crippen LogP contribution in [-0.2, 0) is 11.4 Å². The van der Waals surface area contributed by atoms with Gasteiger partial charge in [0.05, 0.1) is 20.7 Å². The largest absolute Gasteiger partial charge is 0.493 e. The number of hydrogen-bond donors (Lipinski definition) is 1. The zero-order valence-electron chi connectivity index (χ0n) is 19.0. The van der Waals surface area contributed by atoms with Gasteiger partial charge in [0.25, 0.3) is 5.91 Å². The molecule has 0 aromatic heterocycles. The molecule has 0 unspecified atom stereocenters. The number of benzene rings is 4. The van der Waals surface area contributed by atoms with Crippen LogP contribution in [0.3, 0.4) is 0 Å². The summed E-state index contributed by atoms with van der Waals surface area (Å²) in [5.74, 6) is 0.514. The van der Waals surface area contributed by atoms with Crippen molar-refractivity contribution in [1.29, 1.82) is 5.26 Å². The van der Waals surface area contributed by atoms with E-state index >= 15 is 0 Å². The van der Waals surface area contributed by atoms with Crippen LogP contribution in [0.2, 0.25) is 10.0 Å². The number of nitriles is 1. The molecule has 4 rings (SSSR count). The van der Waals surface area contributed by atoms with Gasteiger partial charge in [0.2, 0.25) is 0 Å². The zero-order valence-corrected chi connectivity index (χ0v) is 22.7. The summed E-state index contributed by atoms with van der Waals surface area (Å²) in [5, 5.41) is 15.2. The lowest BCUT2D eigenvalue weighted by Crippen LogP contribution is -2.13. The third kappa shape index (κ3) is 6.11. The average Bonchev–Trinajstić information content (AvgIpc) is 2.88. The molecule has 0 fully saturated rings. The fourth-order valence-electron chi connectivity index (χ4n) is 3.53. The summed E-state index contributed by atoms with van der Waals surface area (Å²) < 4.78 is 12.4. The monoisotopic (exact) mass is 628 g/mol. The lowest BCUT2D eigenvalue weighted by atomic mass is 10.1. The van der Waals surface area contributed by atoms with Gasteiger partial charge in [-0.25, -0.2) is 0 Å². The van der Waals surface area contributed by atoms with Crippen molar-refractivity contribution in [3.63, 3.8) is 0 Å². The molecular formula is C28H19Cl2IN2O3. The van der Waals surface area contributed by atoms with Crippen LogP contribution >= 0.6 is 45.8 Å². The van der Waals surface area contributed by atoms with Crippen molar-refractivity contribution in [3.05, 3.63) is 103 Å². The third-order valence-electron chi connectivity index (χ3n) is 5.30. The first-order chi connectivity index (χ1) is 17.4. The fraction of sp³-hybridized carbons (Fsp3) is 0.0714. The summed E-state index contributed by atoms with van der Waals surface area (Å²) >= 11 is 14.1. The molecular weight excluding hydrogens is 610 g/mol. The Bertz CT molecular complexity index is 1530. The quantitative estimate of drug-likeness (QED) is 0.128. The predicted octanol–water partition coefficient (Wildman–Crippen LogP) is 7.88. The van der Waals surface area contributed by atoms with Gasteiger partial charge in [-0.15, -0.1) is 0 Å². The predicted molar refractivity (Wildman–Crippen MR) is 153 cm³/mol. The van der Waals surface area contributed by atoms with Crippen LogP contribution < -0.4 is 14.8 Å². The number of carbonyl (C=O) groups is 1. The Kier molecular flexibility index (Phi) is 8.36. The van der Waals surface area contributed by atoms with E-state index in [1.165, 1.54) is 17.5 Å². The maximum absolute atomic E-state index is 12.7. The van der Waals surface area contributed by atoms with Crippen LogP contribution in [-0.4, -0.2) is 13.0 Å². The average molecular weight is 629 g/mol. The number of amides is 1. The lowest BCUT2D eigenvalue weighted by Gasteiger charge is -2.14. The first-order valence-electron chi connectivity index (χ1n) is 10.7. The Morgan fingerprint density at radius 2 is 1.81 bits per heavy atom. The minimum absolute atomic E-state index is 0.0799. The van der Waals surface area contributed by atoms with Crippen molar-refractivity contribution < 1.29 is 14.3 Å². The van der Waals surface area contributed by atoms with E-state index in [2.05, 4.69) is 52.2 Å². The molecule has 36 heavy (non-hydrogen) atoms. The summed E-state index contributed by atoms with van der Waals surface area (Å²) in [5.41, 5.74) is 2.00. The van der Waals surface area contributed by atoms with Crippen LogP contribution in [0.4, 0.5) is 5.69 Å². The molecule has 0 saturated heterocycles. The van der Waals surface area contributed by atoms with Crippen molar-refractivity contribution in [2.24, 2.45) is 0 Å². The maximum atomic E-state index is 12.7. The van der Waals surface area contributed by atoms with E-state index in [0.29, 0.717) is 39.4 Å². The van der Waals surface area contributed by atoms with E-state index in [9.17, 15) is 10.1 Å². The van der Waals surface area contributed by atoms with Crippen molar-refractivity contribution in [2.45, 2.75) is 6.61 Å². The standard InChI is InChI=1S/C28H19Cl2IN2O3/c1-35-26-13-18(11-21(15-32)28(34)33-22-8-9-23(29)24(30)14-22)12-25(31)27(26)36-16-17-6-7-19-4-2-3-5-20(19)10-17/h2-14H,16H2,1H3,(H,33,34)/b21-11+. The molecule has 0 spiro atoms. The number of rotatable bonds is 7. The van der Waals surface area contributed by atoms with Crippen LogP contribution in [0.1, 0.15) is 11.1 Å². The molecule has 0 aliphatic carbocycles. The molecule has 0 radical (unpaired) electrons. The molecule has 8 heteroatoms. The number of nitrogens with one attached hydrogen (secondary N) is 1. The third-order valence-corrected chi connectivity index (χ3v) is 6.84. The van der Waals surface area contributed by atoms with Crippen LogP contribution in [0, 0.1) is 14.9 Å². The van der Waals surface area contributed by atoms with Crippen molar-refractivity contribution in [1.82, 2.24) is 0 Å². The highest BCUT2D eigenvalue weighted by molar-refractivity contribution is 14.1. The number of halogens is 3. The number of carbonyl (C=O) groups excluding carboxylic acids is 1. The Hall–Kier alpha value is -3.25. The topological polar surface area (TPSA) is 71.3 Å². The highest BCUT2D eigenvalue weighted by Crippen LogP contribution is 2.35.